The van der Waals surface area contributed by atoms with E-state index in [2.05, 4.69) is 9.97 Å². The molecule has 25 heavy (non-hydrogen) atoms. The van der Waals surface area contributed by atoms with Gasteiger partial charge in [0, 0.05) is 18.9 Å². The van der Waals surface area contributed by atoms with Gasteiger partial charge in [0.05, 0.1) is 13.7 Å². The molecule has 2 heterocycles. The quantitative estimate of drug-likeness (QED) is 0.802. The van der Waals surface area contributed by atoms with E-state index < -0.39 is 21.9 Å². The number of piperidine rings is 1. The first-order valence-corrected chi connectivity index (χ1v) is 9.22. The summed E-state index contributed by atoms with van der Waals surface area (Å²) in [6, 6.07) is 5.35. The van der Waals surface area contributed by atoms with E-state index in [4.69, 9.17) is 9.47 Å². The van der Waals surface area contributed by atoms with E-state index in [1.807, 2.05) is 0 Å². The van der Waals surface area contributed by atoms with Gasteiger partial charge in [-0.3, -0.25) is 0 Å². The smallest absolute Gasteiger partial charge is 0.278 e. The molecule has 1 atom stereocenters. The lowest BCUT2D eigenvalue weighted by Gasteiger charge is -2.31. The third-order valence-corrected chi connectivity index (χ3v) is 5.80. The molecular formula is C16H18FN3O4S. The highest BCUT2D eigenvalue weighted by Crippen LogP contribution is 2.27. The topological polar surface area (TPSA) is 81.6 Å². The molecule has 0 saturated carbocycles. The van der Waals surface area contributed by atoms with Crippen molar-refractivity contribution < 1.29 is 22.3 Å². The molecule has 2 aromatic rings. The van der Waals surface area contributed by atoms with E-state index >= 15 is 0 Å². The molecule has 0 N–H and O–H groups in total. The van der Waals surface area contributed by atoms with Crippen LogP contribution in [0.2, 0.25) is 0 Å². The molecule has 0 bridgehead atoms. The Kier molecular flexibility index (Phi) is 5.14. The van der Waals surface area contributed by atoms with Crippen LogP contribution in [0.1, 0.15) is 12.8 Å². The highest BCUT2D eigenvalue weighted by atomic mass is 32.2. The number of hydrogen-bond acceptors (Lipinski definition) is 6. The Bertz CT molecular complexity index is 847. The fraction of sp³-hybridized carbons (Fsp3) is 0.375. The first-order chi connectivity index (χ1) is 12.0. The number of hydrogen-bond donors (Lipinski definition) is 0. The van der Waals surface area contributed by atoms with Gasteiger partial charge >= 0.3 is 0 Å². The van der Waals surface area contributed by atoms with Crippen LogP contribution in [0.15, 0.2) is 41.6 Å². The van der Waals surface area contributed by atoms with Crippen molar-refractivity contribution in [1.82, 2.24) is 14.3 Å². The van der Waals surface area contributed by atoms with Crippen molar-refractivity contribution in [2.24, 2.45) is 0 Å². The highest BCUT2D eigenvalue weighted by molar-refractivity contribution is 7.89. The zero-order chi connectivity index (χ0) is 17.9. The first kappa shape index (κ1) is 17.6. The molecule has 0 amide bonds. The summed E-state index contributed by atoms with van der Waals surface area (Å²) < 4.78 is 51.4. The third kappa shape index (κ3) is 3.72. The molecule has 1 saturated heterocycles. The molecule has 134 valence electrons. The second-order valence-corrected chi connectivity index (χ2v) is 7.45. The normalized spacial score (nSPS) is 18.7. The molecule has 1 fully saturated rings. The van der Waals surface area contributed by atoms with Crippen molar-refractivity contribution in [2.45, 2.75) is 23.8 Å². The number of methoxy groups -OCH3 is 1. The monoisotopic (exact) mass is 367 g/mol. The van der Waals surface area contributed by atoms with Gasteiger partial charge in [-0.2, -0.15) is 4.31 Å². The van der Waals surface area contributed by atoms with Gasteiger partial charge in [0.2, 0.25) is 10.0 Å². The first-order valence-electron chi connectivity index (χ1n) is 7.78. The molecule has 0 radical (unpaired) electrons. The number of nitrogens with zero attached hydrogens (tertiary/aromatic N) is 3. The molecule has 1 unspecified atom stereocenters. The molecule has 3 rings (SSSR count). The lowest BCUT2D eigenvalue weighted by Crippen LogP contribution is -2.44. The molecule has 0 spiro atoms. The summed E-state index contributed by atoms with van der Waals surface area (Å²) in [7, 11) is -2.47. The van der Waals surface area contributed by atoms with E-state index in [0.29, 0.717) is 19.4 Å². The summed E-state index contributed by atoms with van der Waals surface area (Å²) in [6.07, 6.45) is 3.78. The van der Waals surface area contributed by atoms with Gasteiger partial charge in [-0.15, -0.1) is 0 Å². The van der Waals surface area contributed by atoms with E-state index in [1.165, 1.54) is 42.0 Å². The number of sulfonamides is 1. The van der Waals surface area contributed by atoms with Gasteiger partial charge in [-0.1, -0.05) is 12.1 Å². The van der Waals surface area contributed by atoms with Gasteiger partial charge in [0.1, 0.15) is 16.8 Å². The highest BCUT2D eigenvalue weighted by Gasteiger charge is 2.33. The second kappa shape index (κ2) is 7.32. The van der Waals surface area contributed by atoms with Crippen LogP contribution < -0.4 is 9.47 Å². The Hall–Kier alpha value is -2.26. The summed E-state index contributed by atoms with van der Waals surface area (Å²) >= 11 is 0. The predicted molar refractivity (Wildman–Crippen MR) is 87.4 cm³/mol. The van der Waals surface area contributed by atoms with Crippen molar-refractivity contribution >= 4 is 10.0 Å². The lowest BCUT2D eigenvalue weighted by atomic mass is 10.1. The van der Waals surface area contributed by atoms with Crippen LogP contribution in [0.25, 0.3) is 0 Å². The standard InChI is InChI=1S/C16H18FN3O4S/c1-23-15-16(19-9-8-18-15)24-12-5-4-10-20(11-12)25(21,22)14-7-3-2-6-13(14)17/h2-3,6-9,12H,4-5,10-11H2,1H3. The minimum Gasteiger partial charge on any atom is -0.477 e. The maximum absolute atomic E-state index is 13.9. The zero-order valence-electron chi connectivity index (χ0n) is 13.6. The number of benzene rings is 1. The summed E-state index contributed by atoms with van der Waals surface area (Å²) in [6.45, 7) is 0.421. The van der Waals surface area contributed by atoms with Crippen LogP contribution in [-0.2, 0) is 10.0 Å². The fourth-order valence-electron chi connectivity index (χ4n) is 2.70. The predicted octanol–water partition coefficient (Wildman–Crippen LogP) is 1.86. The van der Waals surface area contributed by atoms with Gasteiger partial charge in [0.25, 0.3) is 11.8 Å². The molecule has 9 heteroatoms. The van der Waals surface area contributed by atoms with Crippen molar-refractivity contribution in [3.8, 4) is 11.8 Å². The van der Waals surface area contributed by atoms with E-state index in [0.717, 1.165) is 6.07 Å². The average Bonchev–Trinajstić information content (AvgIpc) is 2.62. The molecule has 0 aliphatic carbocycles. The van der Waals surface area contributed by atoms with Crippen LogP contribution in [-0.4, -0.2) is 49.0 Å². The zero-order valence-corrected chi connectivity index (χ0v) is 14.4. The van der Waals surface area contributed by atoms with Crippen molar-refractivity contribution in [2.75, 3.05) is 20.2 Å². The Labute approximate surface area is 145 Å². The Morgan fingerprint density at radius 2 is 1.92 bits per heavy atom. The van der Waals surface area contributed by atoms with Crippen LogP contribution in [0.5, 0.6) is 11.8 Å². The molecular weight excluding hydrogens is 349 g/mol. The fourth-order valence-corrected chi connectivity index (χ4v) is 4.28. The van der Waals surface area contributed by atoms with Gasteiger partial charge < -0.3 is 9.47 Å². The van der Waals surface area contributed by atoms with Gasteiger partial charge in [0.15, 0.2) is 0 Å². The number of rotatable bonds is 5. The largest absolute Gasteiger partial charge is 0.477 e. The maximum atomic E-state index is 13.9. The van der Waals surface area contributed by atoms with E-state index in [1.54, 1.807) is 0 Å². The van der Waals surface area contributed by atoms with Crippen molar-refractivity contribution in [3.63, 3.8) is 0 Å². The van der Waals surface area contributed by atoms with E-state index in [-0.39, 0.29) is 23.2 Å². The van der Waals surface area contributed by atoms with Crippen LogP contribution in [0, 0.1) is 5.82 Å². The van der Waals surface area contributed by atoms with Crippen LogP contribution in [0.4, 0.5) is 4.39 Å². The lowest BCUT2D eigenvalue weighted by molar-refractivity contribution is 0.119. The molecule has 1 aliphatic rings. The SMILES string of the molecule is COc1nccnc1OC1CCCN(S(=O)(=O)c2ccccc2F)C1. The molecule has 1 aromatic carbocycles. The Balaban J connectivity index is 1.78. The molecule has 1 aliphatic heterocycles. The minimum atomic E-state index is -3.92. The maximum Gasteiger partial charge on any atom is 0.278 e. The molecule has 1 aromatic heterocycles. The van der Waals surface area contributed by atoms with Crippen LogP contribution in [0.3, 0.4) is 0 Å². The minimum absolute atomic E-state index is 0.108. The average molecular weight is 367 g/mol. The van der Waals surface area contributed by atoms with Gasteiger partial charge in [-0.05, 0) is 25.0 Å². The van der Waals surface area contributed by atoms with Crippen molar-refractivity contribution in [1.29, 1.82) is 0 Å². The summed E-state index contributed by atoms with van der Waals surface area (Å²) in [5.41, 5.74) is 0. The summed E-state index contributed by atoms with van der Waals surface area (Å²) in [4.78, 5) is 7.74. The Morgan fingerprint density at radius 3 is 2.64 bits per heavy atom. The third-order valence-electron chi connectivity index (χ3n) is 3.90. The van der Waals surface area contributed by atoms with E-state index in [9.17, 15) is 12.8 Å². The summed E-state index contributed by atoms with van der Waals surface area (Å²) in [5.74, 6) is -0.321. The number of halogens is 1. The Morgan fingerprint density at radius 1 is 1.20 bits per heavy atom. The van der Waals surface area contributed by atoms with Crippen molar-refractivity contribution in [3.05, 3.63) is 42.5 Å². The molecule has 7 nitrogen and oxygen atoms in total. The summed E-state index contributed by atoms with van der Waals surface area (Å²) in [5, 5.41) is 0. The van der Waals surface area contributed by atoms with Crippen LogP contribution >= 0.6 is 0 Å². The second-order valence-electron chi connectivity index (χ2n) is 5.55. The van der Waals surface area contributed by atoms with Gasteiger partial charge in [-0.25, -0.2) is 22.8 Å². The number of aromatic nitrogens is 2. The number of ether oxygens (including phenoxy) is 2.